The molecule has 0 aliphatic carbocycles. The number of aromatic nitrogens is 1. The smallest absolute Gasteiger partial charge is 0.255 e. The average molecular weight is 366 g/mol. The topological polar surface area (TPSA) is 65.5 Å². The van der Waals surface area contributed by atoms with Crippen LogP contribution in [0.1, 0.15) is 34.0 Å². The second-order valence-electron chi connectivity index (χ2n) is 7.12. The monoisotopic (exact) mass is 366 g/mol. The first-order valence-corrected chi connectivity index (χ1v) is 9.21. The van der Waals surface area contributed by atoms with Gasteiger partial charge in [-0.2, -0.15) is 0 Å². The Morgan fingerprint density at radius 3 is 2.22 bits per heavy atom. The van der Waals surface area contributed by atoms with Crippen molar-refractivity contribution in [2.24, 2.45) is 0 Å². The Morgan fingerprint density at radius 2 is 1.63 bits per heavy atom. The van der Waals surface area contributed by atoms with Gasteiger partial charge in [-0.15, -0.1) is 0 Å². The minimum absolute atomic E-state index is 0.0968. The van der Waals surface area contributed by atoms with Crippen LogP contribution < -0.4 is 10.2 Å². The first-order valence-electron chi connectivity index (χ1n) is 9.21. The summed E-state index contributed by atoms with van der Waals surface area (Å²) < 4.78 is 0. The number of carbonyl (C=O) groups excluding carboxylic acids is 2. The van der Waals surface area contributed by atoms with Crippen LogP contribution in [0.5, 0.6) is 0 Å². The lowest BCUT2D eigenvalue weighted by Gasteiger charge is -2.35. The molecule has 1 aromatic heterocycles. The summed E-state index contributed by atoms with van der Waals surface area (Å²) in [6, 6.07) is 7.67. The minimum atomic E-state index is -0.143. The van der Waals surface area contributed by atoms with Crippen LogP contribution in [0, 0.1) is 20.8 Å². The fourth-order valence-corrected chi connectivity index (χ4v) is 3.55. The van der Waals surface area contributed by atoms with E-state index < -0.39 is 0 Å². The quantitative estimate of drug-likeness (QED) is 0.907. The number of nitrogens with zero attached hydrogens (tertiary/aromatic N) is 3. The Hall–Kier alpha value is -2.89. The van der Waals surface area contributed by atoms with Crippen molar-refractivity contribution in [3.05, 3.63) is 52.7 Å². The van der Waals surface area contributed by atoms with Gasteiger partial charge in [-0.3, -0.25) is 9.59 Å². The lowest BCUT2D eigenvalue weighted by molar-refractivity contribution is -0.129. The van der Waals surface area contributed by atoms with E-state index in [0.29, 0.717) is 31.7 Å². The van der Waals surface area contributed by atoms with Gasteiger partial charge in [0, 0.05) is 50.6 Å². The maximum atomic E-state index is 12.8. The van der Waals surface area contributed by atoms with Crippen molar-refractivity contribution in [1.29, 1.82) is 0 Å². The lowest BCUT2D eigenvalue weighted by Crippen LogP contribution is -2.48. The Kier molecular flexibility index (Phi) is 5.44. The second kappa shape index (κ2) is 7.78. The van der Waals surface area contributed by atoms with Gasteiger partial charge in [0.05, 0.1) is 0 Å². The minimum Gasteiger partial charge on any atom is -0.353 e. The molecule has 27 heavy (non-hydrogen) atoms. The first kappa shape index (κ1) is 18.9. The molecule has 0 bridgehead atoms. The molecule has 142 valence electrons. The van der Waals surface area contributed by atoms with Gasteiger partial charge in [0.15, 0.2) is 0 Å². The predicted octanol–water partition coefficient (Wildman–Crippen LogP) is 2.93. The van der Waals surface area contributed by atoms with Gasteiger partial charge in [0.25, 0.3) is 5.91 Å². The van der Waals surface area contributed by atoms with Crippen LogP contribution in [0.2, 0.25) is 0 Å². The number of anilines is 2. The first-order chi connectivity index (χ1) is 12.8. The van der Waals surface area contributed by atoms with Gasteiger partial charge in [0.2, 0.25) is 5.91 Å². The second-order valence-corrected chi connectivity index (χ2v) is 7.12. The molecule has 0 saturated carbocycles. The SMILES string of the molecule is CC(=O)N1CCN(c2cc(C(=O)Nc3c(C)cc(C)cc3C)ccn2)CC1. The summed E-state index contributed by atoms with van der Waals surface area (Å²) >= 11 is 0. The van der Waals surface area contributed by atoms with E-state index in [9.17, 15) is 9.59 Å². The lowest BCUT2D eigenvalue weighted by atomic mass is 10.0. The molecule has 0 spiro atoms. The van der Waals surface area contributed by atoms with Crippen molar-refractivity contribution < 1.29 is 9.59 Å². The number of amides is 2. The van der Waals surface area contributed by atoms with Gasteiger partial charge < -0.3 is 15.1 Å². The van der Waals surface area contributed by atoms with Crippen molar-refractivity contribution in [2.75, 3.05) is 36.4 Å². The molecule has 2 heterocycles. The van der Waals surface area contributed by atoms with Gasteiger partial charge in [-0.1, -0.05) is 17.7 Å². The number of rotatable bonds is 3. The molecule has 1 aliphatic rings. The van der Waals surface area contributed by atoms with Crippen LogP contribution in [0.4, 0.5) is 11.5 Å². The molecule has 0 unspecified atom stereocenters. The average Bonchev–Trinajstić information content (AvgIpc) is 2.64. The normalized spacial score (nSPS) is 14.2. The van der Waals surface area contributed by atoms with E-state index in [1.807, 2.05) is 31.7 Å². The van der Waals surface area contributed by atoms with Crippen LogP contribution in [-0.2, 0) is 4.79 Å². The van der Waals surface area contributed by atoms with Crippen molar-refractivity contribution in [2.45, 2.75) is 27.7 Å². The molecule has 6 nitrogen and oxygen atoms in total. The number of nitrogens with one attached hydrogen (secondary N) is 1. The molecule has 2 amide bonds. The Balaban J connectivity index is 1.74. The number of hydrogen-bond donors (Lipinski definition) is 1. The fourth-order valence-electron chi connectivity index (χ4n) is 3.55. The van der Waals surface area contributed by atoms with Crippen LogP contribution in [0.3, 0.4) is 0 Å². The molecule has 0 radical (unpaired) electrons. The third kappa shape index (κ3) is 4.27. The molecule has 1 aliphatic heterocycles. The van der Waals surface area contributed by atoms with E-state index in [0.717, 1.165) is 22.6 Å². The zero-order chi connectivity index (χ0) is 19.6. The molecular formula is C21H26N4O2. The summed E-state index contributed by atoms with van der Waals surface area (Å²) in [5.74, 6) is 0.721. The van der Waals surface area contributed by atoms with Crippen LogP contribution in [0.15, 0.2) is 30.5 Å². The van der Waals surface area contributed by atoms with Crippen LogP contribution >= 0.6 is 0 Å². The van der Waals surface area contributed by atoms with E-state index in [1.165, 1.54) is 5.56 Å². The van der Waals surface area contributed by atoms with Gasteiger partial charge in [-0.05, 0) is 44.0 Å². The highest BCUT2D eigenvalue weighted by molar-refractivity contribution is 6.05. The number of pyridine rings is 1. The van der Waals surface area contributed by atoms with Crippen molar-refractivity contribution in [3.63, 3.8) is 0 Å². The summed E-state index contributed by atoms with van der Waals surface area (Å²) in [7, 11) is 0. The highest BCUT2D eigenvalue weighted by atomic mass is 16.2. The van der Waals surface area contributed by atoms with E-state index in [4.69, 9.17) is 0 Å². The summed E-state index contributed by atoms with van der Waals surface area (Å²) in [5, 5.41) is 3.04. The van der Waals surface area contributed by atoms with E-state index in [-0.39, 0.29) is 11.8 Å². The standard InChI is InChI=1S/C21H26N4O2/c1-14-11-15(2)20(16(3)12-14)23-21(27)18-5-6-22-19(13-18)25-9-7-24(8-10-25)17(4)26/h5-6,11-13H,7-10H2,1-4H3,(H,23,27). The number of hydrogen-bond acceptors (Lipinski definition) is 4. The third-order valence-electron chi connectivity index (χ3n) is 4.97. The highest BCUT2D eigenvalue weighted by Crippen LogP contribution is 2.23. The Labute approximate surface area is 160 Å². The highest BCUT2D eigenvalue weighted by Gasteiger charge is 2.20. The molecular weight excluding hydrogens is 340 g/mol. The summed E-state index contributed by atoms with van der Waals surface area (Å²) in [6.45, 7) is 10.4. The molecule has 3 rings (SSSR count). The maximum absolute atomic E-state index is 12.8. The fraction of sp³-hybridized carbons (Fsp3) is 0.381. The molecule has 2 aromatic rings. The number of piperazine rings is 1. The summed E-state index contributed by atoms with van der Waals surface area (Å²) in [6.07, 6.45) is 1.66. The largest absolute Gasteiger partial charge is 0.353 e. The van der Waals surface area contributed by atoms with Gasteiger partial charge in [-0.25, -0.2) is 4.98 Å². The molecule has 0 atom stereocenters. The Morgan fingerprint density at radius 1 is 1.00 bits per heavy atom. The maximum Gasteiger partial charge on any atom is 0.255 e. The zero-order valence-electron chi connectivity index (χ0n) is 16.4. The molecule has 1 N–H and O–H groups in total. The van der Waals surface area contributed by atoms with E-state index in [1.54, 1.807) is 19.2 Å². The van der Waals surface area contributed by atoms with E-state index >= 15 is 0 Å². The number of aryl methyl sites for hydroxylation is 3. The third-order valence-corrected chi connectivity index (χ3v) is 4.97. The van der Waals surface area contributed by atoms with Crippen molar-refractivity contribution >= 4 is 23.3 Å². The molecule has 1 saturated heterocycles. The van der Waals surface area contributed by atoms with Crippen molar-refractivity contribution in [1.82, 2.24) is 9.88 Å². The molecule has 6 heteroatoms. The number of benzene rings is 1. The predicted molar refractivity (Wildman–Crippen MR) is 107 cm³/mol. The van der Waals surface area contributed by atoms with Crippen molar-refractivity contribution in [3.8, 4) is 0 Å². The zero-order valence-corrected chi connectivity index (χ0v) is 16.4. The molecule has 1 aromatic carbocycles. The van der Waals surface area contributed by atoms with Gasteiger partial charge >= 0.3 is 0 Å². The van der Waals surface area contributed by atoms with E-state index in [2.05, 4.69) is 27.3 Å². The number of carbonyl (C=O) groups is 2. The van der Waals surface area contributed by atoms with Crippen LogP contribution in [-0.4, -0.2) is 47.9 Å². The Bertz CT molecular complexity index is 847. The molecule has 1 fully saturated rings. The van der Waals surface area contributed by atoms with Crippen LogP contribution in [0.25, 0.3) is 0 Å². The summed E-state index contributed by atoms with van der Waals surface area (Å²) in [4.78, 5) is 32.6. The van der Waals surface area contributed by atoms with Gasteiger partial charge in [0.1, 0.15) is 5.82 Å². The summed E-state index contributed by atoms with van der Waals surface area (Å²) in [5.41, 5.74) is 4.72.